The first kappa shape index (κ1) is 7.98. The molecule has 1 aliphatic rings. The summed E-state index contributed by atoms with van der Waals surface area (Å²) in [6.07, 6.45) is 2.26. The van der Waals surface area contributed by atoms with Crippen LogP contribution in [0.25, 0.3) is 0 Å². The molecule has 0 bridgehead atoms. The number of hydrogen-bond donors (Lipinski definition) is 2. The number of nitrogens with zero attached hydrogens (tertiary/aromatic N) is 1. The van der Waals surface area contributed by atoms with Gasteiger partial charge in [0.2, 0.25) is 0 Å². The fourth-order valence-electron chi connectivity index (χ4n) is 1.56. The van der Waals surface area contributed by atoms with Crippen LogP contribution < -0.4 is 11.5 Å². The van der Waals surface area contributed by atoms with Crippen LogP contribution in [0.3, 0.4) is 0 Å². The molecular weight excluding hydrogens is 126 g/mol. The average molecular weight is 143 g/mol. The van der Waals surface area contributed by atoms with Crippen LogP contribution in [0, 0.1) is 0 Å². The molecule has 4 N–H and O–H groups in total. The minimum Gasteiger partial charge on any atom is -0.329 e. The number of rotatable bonds is 1. The topological polar surface area (TPSA) is 55.3 Å². The van der Waals surface area contributed by atoms with Gasteiger partial charge in [-0.1, -0.05) is 0 Å². The predicted molar refractivity (Wildman–Crippen MR) is 42.7 cm³/mol. The first-order valence-electron chi connectivity index (χ1n) is 3.84. The second kappa shape index (κ2) is 2.86. The zero-order valence-electron chi connectivity index (χ0n) is 6.64. The Morgan fingerprint density at radius 2 is 2.30 bits per heavy atom. The molecule has 0 amide bonds. The van der Waals surface area contributed by atoms with Crippen molar-refractivity contribution in [1.29, 1.82) is 0 Å². The normalized spacial score (nSPS) is 36.3. The maximum absolute atomic E-state index is 5.98. The van der Waals surface area contributed by atoms with Crippen molar-refractivity contribution in [2.24, 2.45) is 11.5 Å². The van der Waals surface area contributed by atoms with E-state index < -0.39 is 0 Å². The van der Waals surface area contributed by atoms with Crippen LogP contribution >= 0.6 is 0 Å². The fraction of sp³-hybridized carbons (Fsp3) is 1.00. The largest absolute Gasteiger partial charge is 0.329 e. The number of piperidine rings is 1. The molecule has 1 aliphatic heterocycles. The van der Waals surface area contributed by atoms with Crippen LogP contribution in [-0.4, -0.2) is 37.1 Å². The first-order chi connectivity index (χ1) is 4.66. The summed E-state index contributed by atoms with van der Waals surface area (Å²) >= 11 is 0. The molecule has 0 saturated carbocycles. The Morgan fingerprint density at radius 3 is 2.70 bits per heavy atom. The molecule has 1 rings (SSSR count). The zero-order chi connectivity index (χ0) is 7.61. The van der Waals surface area contributed by atoms with E-state index in [1.165, 1.54) is 13.0 Å². The highest BCUT2D eigenvalue weighted by Gasteiger charge is 2.27. The van der Waals surface area contributed by atoms with Crippen molar-refractivity contribution in [3.8, 4) is 0 Å². The Kier molecular flexibility index (Phi) is 2.28. The quantitative estimate of drug-likeness (QED) is 0.514. The number of nitrogens with two attached hydrogens (primary N) is 2. The standard InChI is InChI=1S/C7H17N3/c1-10-4-2-3-7(9,5-8)6-10/h2-6,8-9H2,1H3/t7-/m0/s1. The summed E-state index contributed by atoms with van der Waals surface area (Å²) in [6.45, 7) is 2.72. The van der Waals surface area contributed by atoms with Crippen molar-refractivity contribution in [2.75, 3.05) is 26.7 Å². The molecule has 10 heavy (non-hydrogen) atoms. The molecule has 0 unspecified atom stereocenters. The van der Waals surface area contributed by atoms with E-state index in [1.807, 2.05) is 0 Å². The van der Waals surface area contributed by atoms with Crippen molar-refractivity contribution in [3.63, 3.8) is 0 Å². The number of hydrogen-bond acceptors (Lipinski definition) is 3. The van der Waals surface area contributed by atoms with Crippen molar-refractivity contribution >= 4 is 0 Å². The lowest BCUT2D eigenvalue weighted by Gasteiger charge is -2.37. The van der Waals surface area contributed by atoms with Gasteiger partial charge in [-0.15, -0.1) is 0 Å². The molecule has 1 saturated heterocycles. The third-order valence-electron chi connectivity index (χ3n) is 2.21. The second-order valence-corrected chi connectivity index (χ2v) is 3.41. The summed E-state index contributed by atoms with van der Waals surface area (Å²) in [5, 5.41) is 0. The van der Waals surface area contributed by atoms with E-state index in [2.05, 4.69) is 11.9 Å². The molecule has 0 aromatic heterocycles. The van der Waals surface area contributed by atoms with E-state index >= 15 is 0 Å². The summed E-state index contributed by atoms with van der Waals surface area (Å²) in [6, 6.07) is 0. The van der Waals surface area contributed by atoms with Gasteiger partial charge in [0.15, 0.2) is 0 Å². The van der Waals surface area contributed by atoms with Crippen LogP contribution in [0.5, 0.6) is 0 Å². The summed E-state index contributed by atoms with van der Waals surface area (Å²) in [4.78, 5) is 2.25. The number of likely N-dealkylation sites (N-methyl/N-ethyl adjacent to an activating group) is 1. The Labute approximate surface area is 62.4 Å². The van der Waals surface area contributed by atoms with Gasteiger partial charge in [0.25, 0.3) is 0 Å². The molecule has 60 valence electrons. The summed E-state index contributed by atoms with van der Waals surface area (Å²) in [7, 11) is 2.09. The van der Waals surface area contributed by atoms with Crippen LogP contribution in [0.4, 0.5) is 0 Å². The number of likely N-dealkylation sites (tertiary alicyclic amines) is 1. The van der Waals surface area contributed by atoms with Gasteiger partial charge < -0.3 is 16.4 Å². The third kappa shape index (κ3) is 1.68. The van der Waals surface area contributed by atoms with Crippen molar-refractivity contribution in [3.05, 3.63) is 0 Å². The van der Waals surface area contributed by atoms with Gasteiger partial charge in [0.05, 0.1) is 0 Å². The summed E-state index contributed by atoms with van der Waals surface area (Å²) in [5.74, 6) is 0. The van der Waals surface area contributed by atoms with Crippen LogP contribution in [0.2, 0.25) is 0 Å². The molecule has 0 radical (unpaired) electrons. The lowest BCUT2D eigenvalue weighted by molar-refractivity contribution is 0.184. The highest BCUT2D eigenvalue weighted by molar-refractivity contribution is 4.91. The van der Waals surface area contributed by atoms with Crippen molar-refractivity contribution in [1.82, 2.24) is 4.90 Å². The monoisotopic (exact) mass is 143 g/mol. The Hall–Kier alpha value is -0.120. The van der Waals surface area contributed by atoms with E-state index in [0.29, 0.717) is 6.54 Å². The van der Waals surface area contributed by atoms with Gasteiger partial charge in [-0.3, -0.25) is 0 Å². The van der Waals surface area contributed by atoms with Crippen LogP contribution in [-0.2, 0) is 0 Å². The van der Waals surface area contributed by atoms with Gasteiger partial charge >= 0.3 is 0 Å². The smallest absolute Gasteiger partial charge is 0.0407 e. The Morgan fingerprint density at radius 1 is 1.60 bits per heavy atom. The molecule has 3 nitrogen and oxygen atoms in total. The molecular formula is C7H17N3. The first-order valence-corrected chi connectivity index (χ1v) is 3.84. The van der Waals surface area contributed by atoms with E-state index in [0.717, 1.165) is 13.0 Å². The molecule has 3 heteroatoms. The van der Waals surface area contributed by atoms with E-state index in [1.54, 1.807) is 0 Å². The summed E-state index contributed by atoms with van der Waals surface area (Å²) in [5.41, 5.74) is 11.4. The van der Waals surface area contributed by atoms with E-state index in [4.69, 9.17) is 11.5 Å². The minimum absolute atomic E-state index is 0.104. The van der Waals surface area contributed by atoms with Gasteiger partial charge in [-0.2, -0.15) is 0 Å². The minimum atomic E-state index is -0.104. The van der Waals surface area contributed by atoms with Gasteiger partial charge in [-0.05, 0) is 26.4 Å². The van der Waals surface area contributed by atoms with Crippen LogP contribution in [0.1, 0.15) is 12.8 Å². The second-order valence-electron chi connectivity index (χ2n) is 3.41. The van der Waals surface area contributed by atoms with Gasteiger partial charge in [0, 0.05) is 18.6 Å². The molecule has 0 aromatic rings. The third-order valence-corrected chi connectivity index (χ3v) is 2.21. The maximum atomic E-state index is 5.98. The summed E-state index contributed by atoms with van der Waals surface area (Å²) < 4.78 is 0. The molecule has 0 aromatic carbocycles. The maximum Gasteiger partial charge on any atom is 0.0407 e. The van der Waals surface area contributed by atoms with Crippen molar-refractivity contribution < 1.29 is 0 Å². The zero-order valence-corrected chi connectivity index (χ0v) is 6.64. The molecule has 0 aliphatic carbocycles. The molecule has 0 spiro atoms. The average Bonchev–Trinajstić information content (AvgIpc) is 1.88. The fourth-order valence-corrected chi connectivity index (χ4v) is 1.56. The highest BCUT2D eigenvalue weighted by atomic mass is 15.1. The molecule has 1 heterocycles. The molecule has 1 fully saturated rings. The van der Waals surface area contributed by atoms with Gasteiger partial charge in [0.1, 0.15) is 0 Å². The van der Waals surface area contributed by atoms with Crippen molar-refractivity contribution in [2.45, 2.75) is 18.4 Å². The Balaban J connectivity index is 2.45. The van der Waals surface area contributed by atoms with Crippen LogP contribution in [0.15, 0.2) is 0 Å². The predicted octanol–water partition coefficient (Wildman–Crippen LogP) is -0.632. The highest BCUT2D eigenvalue weighted by Crippen LogP contribution is 2.15. The molecule has 1 atom stereocenters. The van der Waals surface area contributed by atoms with E-state index in [-0.39, 0.29) is 5.54 Å². The van der Waals surface area contributed by atoms with E-state index in [9.17, 15) is 0 Å². The SMILES string of the molecule is CN1CCC[C@](N)(CN)C1. The Bertz CT molecular complexity index is 115. The lowest BCUT2D eigenvalue weighted by Crippen LogP contribution is -2.57. The lowest BCUT2D eigenvalue weighted by atomic mass is 9.91. The van der Waals surface area contributed by atoms with Gasteiger partial charge in [-0.25, -0.2) is 0 Å².